The van der Waals surface area contributed by atoms with Gasteiger partial charge in [-0.25, -0.2) is 9.37 Å². The van der Waals surface area contributed by atoms with Crippen molar-refractivity contribution >= 4 is 5.91 Å². The summed E-state index contributed by atoms with van der Waals surface area (Å²) in [7, 11) is 0. The molecule has 1 aliphatic heterocycles. The van der Waals surface area contributed by atoms with Crippen LogP contribution in [-0.4, -0.2) is 39.1 Å². The van der Waals surface area contributed by atoms with Crippen molar-refractivity contribution in [2.24, 2.45) is 0 Å². The summed E-state index contributed by atoms with van der Waals surface area (Å²) in [4.78, 5) is 19.4. The van der Waals surface area contributed by atoms with Crippen LogP contribution in [0.1, 0.15) is 58.6 Å². The van der Waals surface area contributed by atoms with Gasteiger partial charge in [0.2, 0.25) is 0 Å². The van der Waals surface area contributed by atoms with E-state index in [2.05, 4.69) is 21.3 Å². The molecule has 7 heteroatoms. The smallest absolute Gasteiger partial charge is 0.254 e. The van der Waals surface area contributed by atoms with Gasteiger partial charge < -0.3 is 4.90 Å². The second-order valence-electron chi connectivity index (χ2n) is 7.91. The third kappa shape index (κ3) is 4.19. The Hall–Kier alpha value is -3.53. The second kappa shape index (κ2) is 8.68. The predicted octanol–water partition coefficient (Wildman–Crippen LogP) is 4.37. The lowest BCUT2D eigenvalue weighted by Crippen LogP contribution is -2.38. The molecule has 1 N–H and O–H groups in total. The number of rotatable bonds is 4. The van der Waals surface area contributed by atoms with Crippen molar-refractivity contribution in [2.75, 3.05) is 13.1 Å². The van der Waals surface area contributed by atoms with E-state index in [0.29, 0.717) is 47.9 Å². The van der Waals surface area contributed by atoms with Gasteiger partial charge in [-0.15, -0.1) is 0 Å². The van der Waals surface area contributed by atoms with Gasteiger partial charge in [0.05, 0.1) is 17.2 Å². The Balaban J connectivity index is 1.50. The van der Waals surface area contributed by atoms with Crippen molar-refractivity contribution in [1.29, 1.82) is 5.26 Å². The first-order chi connectivity index (χ1) is 15.0. The Labute approximate surface area is 180 Å². The molecule has 0 radical (unpaired) electrons. The molecule has 3 aromatic rings. The highest BCUT2D eigenvalue weighted by Crippen LogP contribution is 2.30. The summed E-state index contributed by atoms with van der Waals surface area (Å²) < 4.78 is 14.6. The maximum Gasteiger partial charge on any atom is 0.254 e. The number of nitrogens with one attached hydrogen (secondary N) is 1. The molecule has 6 nitrogen and oxygen atoms in total. The van der Waals surface area contributed by atoms with Crippen LogP contribution in [0.2, 0.25) is 0 Å². The van der Waals surface area contributed by atoms with Crippen molar-refractivity contribution in [3.05, 3.63) is 70.3 Å². The molecule has 0 spiro atoms. The molecular formula is C24H24FN5O. The lowest BCUT2D eigenvalue weighted by atomic mass is 9.88. The fourth-order valence-electron chi connectivity index (χ4n) is 4.06. The minimum absolute atomic E-state index is 0.0942. The molecular weight excluding hydrogens is 393 g/mol. The summed E-state index contributed by atoms with van der Waals surface area (Å²) >= 11 is 0. The average molecular weight is 417 g/mol. The fourth-order valence-corrected chi connectivity index (χ4v) is 4.06. The molecule has 0 saturated carbocycles. The molecule has 0 bridgehead atoms. The van der Waals surface area contributed by atoms with Crippen LogP contribution in [0.4, 0.5) is 4.39 Å². The largest absolute Gasteiger partial charge is 0.339 e. The van der Waals surface area contributed by atoms with Crippen LogP contribution in [0, 0.1) is 24.1 Å². The molecule has 31 heavy (non-hydrogen) atoms. The maximum absolute atomic E-state index is 14.6. The molecule has 2 heterocycles. The number of nitrogens with zero attached hydrogens (tertiary/aromatic N) is 4. The molecule has 1 amide bonds. The average Bonchev–Trinajstić information content (AvgIpc) is 3.28. The van der Waals surface area contributed by atoms with Gasteiger partial charge in [0.15, 0.2) is 5.82 Å². The summed E-state index contributed by atoms with van der Waals surface area (Å²) in [5.41, 5.74) is 3.17. The van der Waals surface area contributed by atoms with Gasteiger partial charge >= 0.3 is 0 Å². The molecule has 1 aliphatic rings. The van der Waals surface area contributed by atoms with E-state index in [1.54, 1.807) is 13.0 Å². The molecule has 4 rings (SSSR count). The quantitative estimate of drug-likeness (QED) is 0.683. The van der Waals surface area contributed by atoms with Crippen LogP contribution >= 0.6 is 0 Å². The molecule has 1 saturated heterocycles. The topological polar surface area (TPSA) is 85.7 Å². The Bertz CT molecular complexity index is 1140. The zero-order valence-electron chi connectivity index (χ0n) is 17.7. The van der Waals surface area contributed by atoms with E-state index in [9.17, 15) is 9.18 Å². The third-order valence-corrected chi connectivity index (χ3v) is 5.95. The second-order valence-corrected chi connectivity index (χ2v) is 7.91. The lowest BCUT2D eigenvalue weighted by molar-refractivity contribution is 0.0712. The van der Waals surface area contributed by atoms with Crippen molar-refractivity contribution < 1.29 is 9.18 Å². The Morgan fingerprint density at radius 3 is 2.58 bits per heavy atom. The first kappa shape index (κ1) is 20.7. The van der Waals surface area contributed by atoms with Gasteiger partial charge in [-0.2, -0.15) is 10.4 Å². The van der Waals surface area contributed by atoms with Gasteiger partial charge in [-0.1, -0.05) is 19.1 Å². The zero-order chi connectivity index (χ0) is 22.0. The minimum Gasteiger partial charge on any atom is -0.339 e. The number of nitriles is 1. The summed E-state index contributed by atoms with van der Waals surface area (Å²) in [6, 6.07) is 12.8. The van der Waals surface area contributed by atoms with E-state index in [1.807, 2.05) is 36.1 Å². The molecule has 158 valence electrons. The SMILES string of the molecule is CCc1nc(-c2cc(C(=O)N3CCC(c4ccc(C#N)cc4)CC3)c(C)cc2F)n[nH]1. The number of carbonyl (C=O) groups excluding carboxylic acids is 1. The fraction of sp³-hybridized carbons (Fsp3) is 0.333. The number of aromatic nitrogens is 3. The standard InChI is InChI=1S/C24H24FN5O/c1-3-22-27-23(29-28-22)20-13-19(15(2)12-21(20)25)24(31)30-10-8-18(9-11-30)17-6-4-16(14-26)5-7-17/h4-7,12-13,18H,3,8-11H2,1-2H3,(H,27,28,29). The molecule has 0 aliphatic carbocycles. The number of amides is 1. The van der Waals surface area contributed by atoms with Crippen LogP contribution in [0.3, 0.4) is 0 Å². The van der Waals surface area contributed by atoms with Crippen molar-refractivity contribution in [1.82, 2.24) is 20.1 Å². The number of benzene rings is 2. The van der Waals surface area contributed by atoms with E-state index in [0.717, 1.165) is 12.8 Å². The van der Waals surface area contributed by atoms with Crippen molar-refractivity contribution in [3.63, 3.8) is 0 Å². The molecule has 0 atom stereocenters. The number of piperidine rings is 1. The van der Waals surface area contributed by atoms with E-state index < -0.39 is 5.82 Å². The summed E-state index contributed by atoms with van der Waals surface area (Å²) in [5, 5.41) is 15.9. The molecule has 2 aromatic carbocycles. The predicted molar refractivity (Wildman–Crippen MR) is 115 cm³/mol. The Morgan fingerprint density at radius 1 is 1.26 bits per heavy atom. The third-order valence-electron chi connectivity index (χ3n) is 5.95. The van der Waals surface area contributed by atoms with Gasteiger partial charge in [-0.3, -0.25) is 9.89 Å². The maximum atomic E-state index is 14.6. The van der Waals surface area contributed by atoms with E-state index >= 15 is 0 Å². The number of carbonyl (C=O) groups is 1. The van der Waals surface area contributed by atoms with Crippen LogP contribution in [0.5, 0.6) is 0 Å². The lowest BCUT2D eigenvalue weighted by Gasteiger charge is -2.32. The number of hydrogen-bond donors (Lipinski definition) is 1. The van der Waals surface area contributed by atoms with Crippen LogP contribution in [0.25, 0.3) is 11.4 Å². The normalized spacial score (nSPS) is 14.5. The zero-order valence-corrected chi connectivity index (χ0v) is 17.7. The van der Waals surface area contributed by atoms with Crippen LogP contribution in [-0.2, 0) is 6.42 Å². The van der Waals surface area contributed by atoms with Gasteiger partial charge in [-0.05, 0) is 61.1 Å². The molecule has 1 aromatic heterocycles. The van der Waals surface area contributed by atoms with E-state index in [-0.39, 0.29) is 17.3 Å². The first-order valence-electron chi connectivity index (χ1n) is 10.5. The van der Waals surface area contributed by atoms with Crippen LogP contribution < -0.4 is 0 Å². The highest BCUT2D eigenvalue weighted by atomic mass is 19.1. The molecule has 0 unspecified atom stereocenters. The highest BCUT2D eigenvalue weighted by molar-refractivity contribution is 5.96. The Kier molecular flexibility index (Phi) is 5.81. The monoisotopic (exact) mass is 417 g/mol. The van der Waals surface area contributed by atoms with Crippen LogP contribution in [0.15, 0.2) is 36.4 Å². The molecule has 1 fully saturated rings. The number of H-pyrrole nitrogens is 1. The van der Waals surface area contributed by atoms with Gasteiger partial charge in [0.25, 0.3) is 5.91 Å². The highest BCUT2D eigenvalue weighted by Gasteiger charge is 2.26. The Morgan fingerprint density at radius 2 is 1.97 bits per heavy atom. The summed E-state index contributed by atoms with van der Waals surface area (Å²) in [5.74, 6) is 0.775. The number of likely N-dealkylation sites (tertiary alicyclic amines) is 1. The van der Waals surface area contributed by atoms with E-state index in [4.69, 9.17) is 5.26 Å². The van der Waals surface area contributed by atoms with Crippen molar-refractivity contribution in [2.45, 2.75) is 39.0 Å². The number of aromatic amines is 1. The number of hydrogen-bond acceptors (Lipinski definition) is 4. The van der Waals surface area contributed by atoms with Gasteiger partial charge in [0.1, 0.15) is 11.6 Å². The van der Waals surface area contributed by atoms with Gasteiger partial charge in [0, 0.05) is 25.1 Å². The minimum atomic E-state index is -0.435. The number of aryl methyl sites for hydroxylation is 2. The van der Waals surface area contributed by atoms with Crippen molar-refractivity contribution in [3.8, 4) is 17.5 Å². The summed E-state index contributed by atoms with van der Waals surface area (Å²) in [6.07, 6.45) is 2.37. The van der Waals surface area contributed by atoms with E-state index in [1.165, 1.54) is 11.6 Å². The first-order valence-corrected chi connectivity index (χ1v) is 10.5. The number of halogens is 1. The summed E-state index contributed by atoms with van der Waals surface area (Å²) in [6.45, 7) is 4.96.